The molecule has 0 radical (unpaired) electrons. The van der Waals surface area contributed by atoms with Gasteiger partial charge in [0.05, 0.1) is 24.0 Å². The maximum atomic E-state index is 11.8. The molecule has 0 aromatic heterocycles. The number of carbonyl (C=O) groups excluding carboxylic acids is 2. The molecule has 4 nitrogen and oxygen atoms in total. The van der Waals surface area contributed by atoms with Crippen LogP contribution in [0.25, 0.3) is 0 Å². The zero-order valence-corrected chi connectivity index (χ0v) is 9.88. The minimum atomic E-state index is -0.372. The van der Waals surface area contributed by atoms with Gasteiger partial charge in [0.25, 0.3) is 0 Å². The van der Waals surface area contributed by atoms with Crippen molar-refractivity contribution < 1.29 is 19.1 Å². The van der Waals surface area contributed by atoms with Gasteiger partial charge in [-0.3, -0.25) is 9.59 Å². The van der Waals surface area contributed by atoms with Crippen molar-refractivity contribution in [1.29, 1.82) is 0 Å². The standard InChI is InChI=1S/C12H18O4/c1-3-15-9(13)11-5-6-12(7-11,8-11)10(14)16-4-2/h3-8H2,1-2H3. The molecule has 2 bridgehead atoms. The van der Waals surface area contributed by atoms with Crippen LogP contribution in [0.15, 0.2) is 0 Å². The van der Waals surface area contributed by atoms with Gasteiger partial charge in [-0.2, -0.15) is 0 Å². The lowest BCUT2D eigenvalue weighted by atomic mass is 9.60. The monoisotopic (exact) mass is 226 g/mol. The van der Waals surface area contributed by atoms with E-state index in [0.717, 1.165) is 12.8 Å². The van der Waals surface area contributed by atoms with Crippen molar-refractivity contribution in [2.75, 3.05) is 13.2 Å². The van der Waals surface area contributed by atoms with Gasteiger partial charge in [0.2, 0.25) is 0 Å². The van der Waals surface area contributed by atoms with Gasteiger partial charge in [-0.1, -0.05) is 0 Å². The van der Waals surface area contributed by atoms with Gasteiger partial charge in [0.15, 0.2) is 0 Å². The van der Waals surface area contributed by atoms with Crippen molar-refractivity contribution in [1.82, 2.24) is 0 Å². The van der Waals surface area contributed by atoms with E-state index >= 15 is 0 Å². The van der Waals surface area contributed by atoms with Crippen LogP contribution in [-0.4, -0.2) is 25.2 Å². The van der Waals surface area contributed by atoms with Crippen molar-refractivity contribution in [2.24, 2.45) is 10.8 Å². The summed E-state index contributed by atoms with van der Waals surface area (Å²) in [6, 6.07) is 0. The van der Waals surface area contributed by atoms with Gasteiger partial charge in [-0.05, 0) is 39.5 Å². The fourth-order valence-corrected chi connectivity index (χ4v) is 3.14. The van der Waals surface area contributed by atoms with Gasteiger partial charge in [0, 0.05) is 0 Å². The molecule has 0 heterocycles. The molecule has 16 heavy (non-hydrogen) atoms. The highest BCUT2D eigenvalue weighted by Gasteiger charge is 2.69. The summed E-state index contributed by atoms with van der Waals surface area (Å²) >= 11 is 0. The second-order valence-electron chi connectivity index (χ2n) is 4.86. The van der Waals surface area contributed by atoms with Crippen LogP contribution in [0.2, 0.25) is 0 Å². The summed E-state index contributed by atoms with van der Waals surface area (Å²) in [6.45, 7) is 4.43. The van der Waals surface area contributed by atoms with E-state index in [1.54, 1.807) is 13.8 Å². The van der Waals surface area contributed by atoms with Crippen LogP contribution in [-0.2, 0) is 19.1 Å². The summed E-state index contributed by atoms with van der Waals surface area (Å²) < 4.78 is 10.1. The molecule has 0 amide bonds. The van der Waals surface area contributed by atoms with Gasteiger partial charge >= 0.3 is 11.9 Å². The second kappa shape index (κ2) is 3.75. The van der Waals surface area contributed by atoms with Crippen molar-refractivity contribution in [2.45, 2.75) is 39.5 Å². The Morgan fingerprint density at radius 3 is 1.62 bits per heavy atom. The van der Waals surface area contributed by atoms with Crippen molar-refractivity contribution in [3.05, 3.63) is 0 Å². The number of ether oxygens (including phenoxy) is 2. The third kappa shape index (κ3) is 1.43. The molecule has 0 N–H and O–H groups in total. The molecule has 0 unspecified atom stereocenters. The molecule has 90 valence electrons. The average molecular weight is 226 g/mol. The first-order valence-corrected chi connectivity index (χ1v) is 5.93. The zero-order chi connectivity index (χ0) is 11.8. The number of esters is 2. The molecular weight excluding hydrogens is 208 g/mol. The van der Waals surface area contributed by atoms with E-state index in [1.165, 1.54) is 0 Å². The molecule has 3 rings (SSSR count). The van der Waals surface area contributed by atoms with Gasteiger partial charge in [-0.15, -0.1) is 0 Å². The van der Waals surface area contributed by atoms with Crippen molar-refractivity contribution in [3.8, 4) is 0 Å². The predicted molar refractivity (Wildman–Crippen MR) is 56.6 cm³/mol. The normalized spacial score (nSPS) is 35.4. The Morgan fingerprint density at radius 2 is 1.31 bits per heavy atom. The summed E-state index contributed by atoms with van der Waals surface area (Å²) in [7, 11) is 0. The smallest absolute Gasteiger partial charge is 0.312 e. The largest absolute Gasteiger partial charge is 0.466 e. The first-order valence-electron chi connectivity index (χ1n) is 5.93. The van der Waals surface area contributed by atoms with E-state index in [2.05, 4.69) is 0 Å². The molecule has 0 aromatic rings. The number of carbonyl (C=O) groups is 2. The minimum Gasteiger partial charge on any atom is -0.466 e. The molecule has 3 saturated carbocycles. The van der Waals surface area contributed by atoms with E-state index in [1.807, 2.05) is 0 Å². The fraction of sp³-hybridized carbons (Fsp3) is 0.833. The SMILES string of the molecule is CCOC(=O)C12CCC(C(=O)OCC)(C1)C2. The number of rotatable bonds is 4. The summed E-state index contributed by atoms with van der Waals surface area (Å²) in [4.78, 5) is 23.5. The van der Waals surface area contributed by atoms with E-state index < -0.39 is 0 Å². The van der Waals surface area contributed by atoms with Gasteiger partial charge < -0.3 is 9.47 Å². The Bertz CT molecular complexity index is 285. The average Bonchev–Trinajstić information content (AvgIpc) is 2.74. The first-order chi connectivity index (χ1) is 7.58. The van der Waals surface area contributed by atoms with Crippen LogP contribution in [0.5, 0.6) is 0 Å². The summed E-state index contributed by atoms with van der Waals surface area (Å²) in [5, 5.41) is 0. The van der Waals surface area contributed by atoms with Crippen LogP contribution in [0.3, 0.4) is 0 Å². The van der Waals surface area contributed by atoms with Crippen LogP contribution >= 0.6 is 0 Å². The Kier molecular flexibility index (Phi) is 2.68. The molecule has 0 aromatic carbocycles. The number of hydrogen-bond donors (Lipinski definition) is 0. The van der Waals surface area contributed by atoms with Gasteiger partial charge in [0.1, 0.15) is 0 Å². The third-order valence-corrected chi connectivity index (χ3v) is 3.85. The van der Waals surface area contributed by atoms with Crippen LogP contribution in [0.4, 0.5) is 0 Å². The Labute approximate surface area is 95.3 Å². The van der Waals surface area contributed by atoms with E-state index in [4.69, 9.17) is 9.47 Å². The van der Waals surface area contributed by atoms with E-state index in [-0.39, 0.29) is 22.8 Å². The van der Waals surface area contributed by atoms with Crippen LogP contribution in [0, 0.1) is 10.8 Å². The highest BCUT2D eigenvalue weighted by Crippen LogP contribution is 2.67. The topological polar surface area (TPSA) is 52.6 Å². The molecule has 3 aliphatic carbocycles. The highest BCUT2D eigenvalue weighted by molar-refractivity contribution is 5.87. The Hall–Kier alpha value is -1.06. The quantitative estimate of drug-likeness (QED) is 0.684. The first kappa shape index (κ1) is 11.4. The fourth-order valence-electron chi connectivity index (χ4n) is 3.14. The molecule has 3 fully saturated rings. The predicted octanol–water partition coefficient (Wildman–Crippen LogP) is 1.67. The Balaban J connectivity index is 2.00. The minimum absolute atomic E-state index is 0.132. The number of hydrogen-bond acceptors (Lipinski definition) is 4. The third-order valence-electron chi connectivity index (χ3n) is 3.85. The van der Waals surface area contributed by atoms with Crippen LogP contribution in [0.1, 0.15) is 39.5 Å². The maximum absolute atomic E-state index is 11.8. The van der Waals surface area contributed by atoms with Gasteiger partial charge in [-0.25, -0.2) is 0 Å². The second-order valence-corrected chi connectivity index (χ2v) is 4.86. The van der Waals surface area contributed by atoms with Crippen LogP contribution < -0.4 is 0 Å². The summed E-state index contributed by atoms with van der Waals surface area (Å²) in [6.07, 6.45) is 2.78. The molecule has 0 atom stereocenters. The maximum Gasteiger partial charge on any atom is 0.312 e. The van der Waals surface area contributed by atoms with E-state index in [0.29, 0.717) is 26.1 Å². The molecule has 0 aliphatic heterocycles. The molecule has 0 spiro atoms. The molecule has 0 saturated heterocycles. The van der Waals surface area contributed by atoms with Crippen molar-refractivity contribution in [3.63, 3.8) is 0 Å². The lowest BCUT2D eigenvalue weighted by molar-refractivity contribution is -0.174. The highest BCUT2D eigenvalue weighted by atomic mass is 16.5. The molecule has 4 heteroatoms. The summed E-state index contributed by atoms with van der Waals surface area (Å²) in [5.74, 6) is -0.264. The lowest BCUT2D eigenvalue weighted by Gasteiger charge is -2.43. The molecular formula is C12H18O4. The lowest BCUT2D eigenvalue weighted by Crippen LogP contribution is -2.48. The van der Waals surface area contributed by atoms with Crippen molar-refractivity contribution >= 4 is 11.9 Å². The zero-order valence-electron chi connectivity index (χ0n) is 9.88. The van der Waals surface area contributed by atoms with E-state index in [9.17, 15) is 9.59 Å². The molecule has 3 aliphatic rings. The Morgan fingerprint density at radius 1 is 0.938 bits per heavy atom. The summed E-state index contributed by atoms with van der Waals surface area (Å²) in [5.41, 5.74) is -0.745. The number of fused-ring (bicyclic) bond motifs is 1.